The van der Waals surface area contributed by atoms with Gasteiger partial charge in [-0.2, -0.15) is 5.10 Å². The van der Waals surface area contributed by atoms with Crippen LogP contribution in [0.25, 0.3) is 0 Å². The van der Waals surface area contributed by atoms with Gasteiger partial charge in [-0.1, -0.05) is 12.1 Å². The average molecular weight is 258 g/mol. The number of nitrogens with two attached hydrogens (primary N) is 1. The van der Waals surface area contributed by atoms with Crippen molar-refractivity contribution >= 4 is 11.6 Å². The van der Waals surface area contributed by atoms with E-state index in [9.17, 15) is 4.79 Å². The van der Waals surface area contributed by atoms with Gasteiger partial charge in [0.05, 0.1) is 11.8 Å². The standard InChI is InChI=1S/C14H18N4O/c1-10-13(9-17-18(10)2)14(19)16-8-7-11-3-5-12(15)6-4-11/h3-6,9H,7-8,15H2,1-2H3,(H,16,19). The van der Waals surface area contributed by atoms with Gasteiger partial charge in [-0.15, -0.1) is 0 Å². The monoisotopic (exact) mass is 258 g/mol. The highest BCUT2D eigenvalue weighted by Crippen LogP contribution is 2.07. The van der Waals surface area contributed by atoms with Crippen molar-refractivity contribution in [2.24, 2.45) is 7.05 Å². The van der Waals surface area contributed by atoms with Crippen molar-refractivity contribution in [2.45, 2.75) is 13.3 Å². The number of anilines is 1. The SMILES string of the molecule is Cc1c(C(=O)NCCc2ccc(N)cc2)cnn1C. The van der Waals surface area contributed by atoms with Gasteiger partial charge in [0, 0.05) is 25.0 Å². The molecule has 5 heteroatoms. The van der Waals surface area contributed by atoms with Crippen LogP contribution in [0.2, 0.25) is 0 Å². The molecule has 1 aromatic carbocycles. The lowest BCUT2D eigenvalue weighted by atomic mass is 10.1. The Labute approximate surface area is 112 Å². The molecule has 5 nitrogen and oxygen atoms in total. The van der Waals surface area contributed by atoms with E-state index in [4.69, 9.17) is 5.73 Å². The van der Waals surface area contributed by atoms with Crippen LogP contribution in [0.4, 0.5) is 5.69 Å². The summed E-state index contributed by atoms with van der Waals surface area (Å²) in [7, 11) is 1.82. The first-order valence-corrected chi connectivity index (χ1v) is 6.19. The molecule has 0 unspecified atom stereocenters. The summed E-state index contributed by atoms with van der Waals surface area (Å²) in [5.74, 6) is -0.0824. The molecule has 0 atom stereocenters. The number of aromatic nitrogens is 2. The van der Waals surface area contributed by atoms with Crippen LogP contribution in [0.15, 0.2) is 30.5 Å². The van der Waals surface area contributed by atoms with E-state index in [1.165, 1.54) is 0 Å². The van der Waals surface area contributed by atoms with E-state index in [1.807, 2.05) is 38.2 Å². The Bertz CT molecular complexity index is 572. The number of nitrogens with one attached hydrogen (secondary N) is 1. The predicted octanol–water partition coefficient (Wildman–Crippen LogP) is 1.28. The molecule has 1 heterocycles. The summed E-state index contributed by atoms with van der Waals surface area (Å²) < 4.78 is 1.69. The number of benzene rings is 1. The highest BCUT2D eigenvalue weighted by atomic mass is 16.1. The van der Waals surface area contributed by atoms with Crippen LogP contribution in [0.1, 0.15) is 21.6 Å². The molecule has 3 N–H and O–H groups in total. The first-order valence-electron chi connectivity index (χ1n) is 6.19. The van der Waals surface area contributed by atoms with Crippen LogP contribution in [0, 0.1) is 6.92 Å². The molecule has 1 amide bonds. The van der Waals surface area contributed by atoms with Crippen LogP contribution in [-0.2, 0) is 13.5 Å². The molecule has 0 saturated heterocycles. The lowest BCUT2D eigenvalue weighted by Gasteiger charge is -2.05. The van der Waals surface area contributed by atoms with Crippen molar-refractivity contribution in [1.82, 2.24) is 15.1 Å². The number of amides is 1. The van der Waals surface area contributed by atoms with E-state index < -0.39 is 0 Å². The maximum Gasteiger partial charge on any atom is 0.254 e. The molecule has 0 spiro atoms. The number of nitrogen functional groups attached to an aromatic ring is 1. The molecule has 0 radical (unpaired) electrons. The normalized spacial score (nSPS) is 10.4. The Hall–Kier alpha value is -2.30. The fourth-order valence-electron chi connectivity index (χ4n) is 1.82. The quantitative estimate of drug-likeness (QED) is 0.811. The van der Waals surface area contributed by atoms with E-state index in [0.717, 1.165) is 23.4 Å². The predicted molar refractivity (Wildman–Crippen MR) is 74.8 cm³/mol. The summed E-state index contributed by atoms with van der Waals surface area (Å²) in [6, 6.07) is 7.67. The van der Waals surface area contributed by atoms with Gasteiger partial charge in [0.25, 0.3) is 5.91 Å². The van der Waals surface area contributed by atoms with Crippen molar-refractivity contribution in [3.63, 3.8) is 0 Å². The molecule has 2 aromatic rings. The topological polar surface area (TPSA) is 72.9 Å². The summed E-state index contributed by atoms with van der Waals surface area (Å²) in [6.07, 6.45) is 2.37. The average Bonchev–Trinajstić information content (AvgIpc) is 2.72. The number of nitrogens with zero attached hydrogens (tertiary/aromatic N) is 2. The molecule has 1 aromatic heterocycles. The first-order chi connectivity index (χ1) is 9.08. The fraction of sp³-hybridized carbons (Fsp3) is 0.286. The molecule has 19 heavy (non-hydrogen) atoms. The van der Waals surface area contributed by atoms with Crippen LogP contribution in [0.5, 0.6) is 0 Å². The highest BCUT2D eigenvalue weighted by molar-refractivity contribution is 5.94. The number of aryl methyl sites for hydroxylation is 1. The van der Waals surface area contributed by atoms with Crippen molar-refractivity contribution in [2.75, 3.05) is 12.3 Å². The third-order valence-corrected chi connectivity index (χ3v) is 3.16. The second-order valence-electron chi connectivity index (χ2n) is 4.51. The Morgan fingerprint density at radius 1 is 1.37 bits per heavy atom. The Morgan fingerprint density at radius 3 is 2.63 bits per heavy atom. The van der Waals surface area contributed by atoms with Gasteiger partial charge in [0.1, 0.15) is 0 Å². The van der Waals surface area contributed by atoms with E-state index >= 15 is 0 Å². The highest BCUT2D eigenvalue weighted by Gasteiger charge is 2.11. The maximum atomic E-state index is 11.9. The zero-order valence-electron chi connectivity index (χ0n) is 11.2. The molecule has 2 rings (SSSR count). The minimum absolute atomic E-state index is 0.0824. The number of hydrogen-bond donors (Lipinski definition) is 2. The van der Waals surface area contributed by atoms with Crippen LogP contribution >= 0.6 is 0 Å². The third-order valence-electron chi connectivity index (χ3n) is 3.16. The van der Waals surface area contributed by atoms with Crippen molar-refractivity contribution < 1.29 is 4.79 Å². The van der Waals surface area contributed by atoms with E-state index in [-0.39, 0.29) is 5.91 Å². The molecule has 0 bridgehead atoms. The first kappa shape index (κ1) is 13.1. The van der Waals surface area contributed by atoms with Crippen molar-refractivity contribution in [3.05, 3.63) is 47.3 Å². The van der Waals surface area contributed by atoms with Crippen molar-refractivity contribution in [3.8, 4) is 0 Å². The minimum atomic E-state index is -0.0824. The Kier molecular flexibility index (Phi) is 3.85. The fourth-order valence-corrected chi connectivity index (χ4v) is 1.82. The molecule has 100 valence electrons. The van der Waals surface area contributed by atoms with Gasteiger partial charge in [0.15, 0.2) is 0 Å². The second-order valence-corrected chi connectivity index (χ2v) is 4.51. The van der Waals surface area contributed by atoms with Gasteiger partial charge >= 0.3 is 0 Å². The number of hydrogen-bond acceptors (Lipinski definition) is 3. The largest absolute Gasteiger partial charge is 0.399 e. The zero-order chi connectivity index (χ0) is 13.8. The molecular weight excluding hydrogens is 240 g/mol. The number of carbonyl (C=O) groups is 1. The van der Waals surface area contributed by atoms with Crippen LogP contribution in [0.3, 0.4) is 0 Å². The molecule has 0 fully saturated rings. The molecule has 0 aliphatic rings. The van der Waals surface area contributed by atoms with Gasteiger partial charge in [-0.25, -0.2) is 0 Å². The number of rotatable bonds is 4. The van der Waals surface area contributed by atoms with Gasteiger partial charge in [-0.3, -0.25) is 9.48 Å². The summed E-state index contributed by atoms with van der Waals surface area (Å²) in [4.78, 5) is 11.9. The van der Waals surface area contributed by atoms with Gasteiger partial charge in [-0.05, 0) is 31.0 Å². The summed E-state index contributed by atoms with van der Waals surface area (Å²) in [6.45, 7) is 2.47. The van der Waals surface area contributed by atoms with Crippen LogP contribution in [-0.4, -0.2) is 22.2 Å². The zero-order valence-corrected chi connectivity index (χ0v) is 11.2. The summed E-state index contributed by atoms with van der Waals surface area (Å²) in [5.41, 5.74) is 9.01. The molecular formula is C14H18N4O. The Morgan fingerprint density at radius 2 is 2.05 bits per heavy atom. The smallest absolute Gasteiger partial charge is 0.254 e. The van der Waals surface area contributed by atoms with Gasteiger partial charge < -0.3 is 11.1 Å². The summed E-state index contributed by atoms with van der Waals surface area (Å²) in [5, 5.41) is 6.95. The van der Waals surface area contributed by atoms with E-state index in [1.54, 1.807) is 10.9 Å². The second kappa shape index (κ2) is 5.56. The van der Waals surface area contributed by atoms with Crippen LogP contribution < -0.4 is 11.1 Å². The molecule has 0 aliphatic heterocycles. The van der Waals surface area contributed by atoms with E-state index in [2.05, 4.69) is 10.4 Å². The molecule has 0 aliphatic carbocycles. The van der Waals surface area contributed by atoms with E-state index in [0.29, 0.717) is 12.1 Å². The summed E-state index contributed by atoms with van der Waals surface area (Å²) >= 11 is 0. The molecule has 0 saturated carbocycles. The van der Waals surface area contributed by atoms with Gasteiger partial charge in [0.2, 0.25) is 0 Å². The third kappa shape index (κ3) is 3.13. The lowest BCUT2D eigenvalue weighted by molar-refractivity contribution is 0.0953. The Balaban J connectivity index is 1.87. The van der Waals surface area contributed by atoms with Crippen molar-refractivity contribution in [1.29, 1.82) is 0 Å². The lowest BCUT2D eigenvalue weighted by Crippen LogP contribution is -2.26. The minimum Gasteiger partial charge on any atom is -0.399 e. The maximum absolute atomic E-state index is 11.9. The number of carbonyl (C=O) groups excluding carboxylic acids is 1.